The summed E-state index contributed by atoms with van der Waals surface area (Å²) >= 11 is 0. The van der Waals surface area contributed by atoms with Crippen molar-refractivity contribution in [3.05, 3.63) is 35.0 Å². The summed E-state index contributed by atoms with van der Waals surface area (Å²) in [6, 6.07) is 2.20. The van der Waals surface area contributed by atoms with Crippen LogP contribution in [0.5, 0.6) is 0 Å². The van der Waals surface area contributed by atoms with Gasteiger partial charge in [0.2, 0.25) is 0 Å². The Kier molecular flexibility index (Phi) is 5.57. The van der Waals surface area contributed by atoms with Gasteiger partial charge in [0.25, 0.3) is 5.91 Å². The van der Waals surface area contributed by atoms with Crippen LogP contribution in [0.2, 0.25) is 0 Å². The Balaban J connectivity index is 1.50. The molecule has 0 bridgehead atoms. The highest BCUT2D eigenvalue weighted by Crippen LogP contribution is 2.29. The van der Waals surface area contributed by atoms with E-state index in [1.54, 1.807) is 13.3 Å². The van der Waals surface area contributed by atoms with Gasteiger partial charge >= 0.3 is 0 Å². The van der Waals surface area contributed by atoms with E-state index >= 15 is 0 Å². The van der Waals surface area contributed by atoms with E-state index in [2.05, 4.69) is 20.5 Å². The monoisotopic (exact) mass is 371 g/mol. The maximum atomic E-state index is 12.4. The van der Waals surface area contributed by atoms with Gasteiger partial charge in [0.15, 0.2) is 5.69 Å². The highest BCUT2D eigenvalue weighted by atomic mass is 16.5. The van der Waals surface area contributed by atoms with Crippen LogP contribution in [0.1, 0.15) is 66.0 Å². The average Bonchev–Trinajstić information content (AvgIpc) is 3.35. The molecule has 1 atom stereocenters. The van der Waals surface area contributed by atoms with Crippen LogP contribution in [0, 0.1) is 5.92 Å². The van der Waals surface area contributed by atoms with E-state index in [4.69, 9.17) is 9.62 Å². The molecule has 1 amide bonds. The summed E-state index contributed by atoms with van der Waals surface area (Å²) in [6.45, 7) is 1.64. The first-order chi connectivity index (χ1) is 13.2. The number of hydrogen-bond donors (Lipinski definition) is 2. The maximum Gasteiger partial charge on any atom is 0.271 e. The number of nitrogens with zero attached hydrogens (tertiary/aromatic N) is 3. The standard InChI is InChI=1S/C20H29N5O2/c1-21-20(26)19-17-11-15(22-12-16-9-10-27-24-16)7-8-18(17)25(23-19)13-14-5-3-2-4-6-14/h9-10,14-15,22H,2-8,11-13H2,1H3,(H,21,26). The van der Waals surface area contributed by atoms with Gasteiger partial charge in [-0.25, -0.2) is 0 Å². The summed E-state index contributed by atoms with van der Waals surface area (Å²) in [5, 5.41) is 15.0. The molecule has 2 aliphatic carbocycles. The number of carbonyl (C=O) groups excluding carboxylic acids is 1. The normalized spacial score (nSPS) is 20.4. The predicted molar refractivity (Wildman–Crippen MR) is 101 cm³/mol. The predicted octanol–water partition coefficient (Wildman–Crippen LogP) is 2.46. The van der Waals surface area contributed by atoms with Gasteiger partial charge in [0, 0.05) is 43.5 Å². The third-order valence-electron chi connectivity index (χ3n) is 6.01. The van der Waals surface area contributed by atoms with Gasteiger partial charge in [-0.05, 0) is 38.0 Å². The molecule has 146 valence electrons. The van der Waals surface area contributed by atoms with Crippen LogP contribution in [-0.4, -0.2) is 33.9 Å². The number of nitrogens with one attached hydrogen (secondary N) is 2. The molecule has 7 nitrogen and oxygen atoms in total. The molecule has 1 unspecified atom stereocenters. The van der Waals surface area contributed by atoms with Gasteiger partial charge in [-0.2, -0.15) is 5.10 Å². The van der Waals surface area contributed by atoms with E-state index in [1.165, 1.54) is 37.8 Å². The molecule has 0 spiro atoms. The van der Waals surface area contributed by atoms with Gasteiger partial charge < -0.3 is 15.2 Å². The zero-order valence-corrected chi connectivity index (χ0v) is 16.0. The first kappa shape index (κ1) is 18.2. The van der Waals surface area contributed by atoms with E-state index in [9.17, 15) is 4.79 Å². The molecule has 27 heavy (non-hydrogen) atoms. The van der Waals surface area contributed by atoms with E-state index in [-0.39, 0.29) is 5.91 Å². The highest BCUT2D eigenvalue weighted by molar-refractivity contribution is 5.93. The van der Waals surface area contributed by atoms with Crippen molar-refractivity contribution in [1.29, 1.82) is 0 Å². The van der Waals surface area contributed by atoms with Gasteiger partial charge in [-0.15, -0.1) is 0 Å². The van der Waals surface area contributed by atoms with Crippen molar-refractivity contribution in [2.24, 2.45) is 5.92 Å². The molecule has 2 heterocycles. The lowest BCUT2D eigenvalue weighted by Crippen LogP contribution is -2.35. The molecule has 1 fully saturated rings. The Morgan fingerprint density at radius 1 is 1.30 bits per heavy atom. The highest BCUT2D eigenvalue weighted by Gasteiger charge is 2.29. The summed E-state index contributed by atoms with van der Waals surface area (Å²) in [5.74, 6) is 0.620. The second kappa shape index (κ2) is 8.25. The van der Waals surface area contributed by atoms with Crippen molar-refractivity contribution < 1.29 is 9.32 Å². The molecule has 4 rings (SSSR count). The number of carbonyl (C=O) groups is 1. The van der Waals surface area contributed by atoms with Crippen LogP contribution in [0.25, 0.3) is 0 Å². The van der Waals surface area contributed by atoms with E-state index in [1.807, 2.05) is 6.07 Å². The topological polar surface area (TPSA) is 85.0 Å². The first-order valence-electron chi connectivity index (χ1n) is 10.2. The van der Waals surface area contributed by atoms with Gasteiger partial charge in [0.05, 0.1) is 5.69 Å². The third-order valence-corrected chi connectivity index (χ3v) is 6.01. The molecule has 0 aliphatic heterocycles. The Morgan fingerprint density at radius 3 is 2.89 bits per heavy atom. The van der Waals surface area contributed by atoms with Gasteiger partial charge in [-0.1, -0.05) is 24.4 Å². The summed E-state index contributed by atoms with van der Waals surface area (Å²) in [5.41, 5.74) is 3.89. The van der Waals surface area contributed by atoms with Gasteiger partial charge in [-0.3, -0.25) is 9.48 Å². The zero-order valence-electron chi connectivity index (χ0n) is 16.0. The van der Waals surface area contributed by atoms with Crippen LogP contribution in [0.3, 0.4) is 0 Å². The fourth-order valence-electron chi connectivity index (χ4n) is 4.51. The van der Waals surface area contributed by atoms with Crippen molar-refractivity contribution >= 4 is 5.91 Å². The Labute approximate surface area is 159 Å². The number of amides is 1. The number of aromatic nitrogens is 3. The molecule has 0 aromatic carbocycles. The fourth-order valence-corrected chi connectivity index (χ4v) is 4.51. The molecule has 2 N–H and O–H groups in total. The Morgan fingerprint density at radius 2 is 2.15 bits per heavy atom. The Bertz CT molecular complexity index is 762. The first-order valence-corrected chi connectivity index (χ1v) is 10.2. The van der Waals surface area contributed by atoms with Crippen LogP contribution >= 0.6 is 0 Å². The molecule has 0 radical (unpaired) electrons. The molecular weight excluding hydrogens is 342 g/mol. The molecule has 2 aromatic rings. The lowest BCUT2D eigenvalue weighted by Gasteiger charge is -2.26. The van der Waals surface area contributed by atoms with E-state index in [0.29, 0.717) is 24.2 Å². The van der Waals surface area contributed by atoms with Gasteiger partial charge in [0.1, 0.15) is 6.26 Å². The molecule has 7 heteroatoms. The molecule has 2 aromatic heterocycles. The van der Waals surface area contributed by atoms with Crippen molar-refractivity contribution in [3.63, 3.8) is 0 Å². The largest absolute Gasteiger partial charge is 0.364 e. The quantitative estimate of drug-likeness (QED) is 0.815. The minimum absolute atomic E-state index is 0.0780. The molecule has 1 saturated carbocycles. The lowest BCUT2D eigenvalue weighted by atomic mass is 9.88. The van der Waals surface area contributed by atoms with Crippen LogP contribution < -0.4 is 10.6 Å². The number of hydrogen-bond acceptors (Lipinski definition) is 5. The van der Waals surface area contributed by atoms with Crippen molar-refractivity contribution in [2.45, 2.75) is 70.5 Å². The molecule has 2 aliphatic rings. The summed E-state index contributed by atoms with van der Waals surface area (Å²) in [4.78, 5) is 12.4. The zero-order chi connectivity index (χ0) is 18.6. The van der Waals surface area contributed by atoms with Crippen LogP contribution in [0.15, 0.2) is 16.9 Å². The van der Waals surface area contributed by atoms with Crippen molar-refractivity contribution in [2.75, 3.05) is 7.05 Å². The summed E-state index contributed by atoms with van der Waals surface area (Å²) in [7, 11) is 1.68. The van der Waals surface area contributed by atoms with Crippen molar-refractivity contribution in [3.8, 4) is 0 Å². The summed E-state index contributed by atoms with van der Waals surface area (Å²) in [6.07, 6.45) is 11.0. The number of fused-ring (bicyclic) bond motifs is 1. The Hall–Kier alpha value is -2.15. The second-order valence-electron chi connectivity index (χ2n) is 7.85. The summed E-state index contributed by atoms with van der Waals surface area (Å²) < 4.78 is 7.04. The van der Waals surface area contributed by atoms with Crippen molar-refractivity contribution in [1.82, 2.24) is 25.6 Å². The molecular formula is C20H29N5O2. The lowest BCUT2D eigenvalue weighted by molar-refractivity contribution is 0.0956. The smallest absolute Gasteiger partial charge is 0.271 e. The number of rotatable bonds is 6. The third kappa shape index (κ3) is 4.08. The second-order valence-corrected chi connectivity index (χ2v) is 7.85. The average molecular weight is 371 g/mol. The maximum absolute atomic E-state index is 12.4. The minimum Gasteiger partial charge on any atom is -0.364 e. The fraction of sp³-hybridized carbons (Fsp3) is 0.650. The van der Waals surface area contributed by atoms with E-state index < -0.39 is 0 Å². The van der Waals surface area contributed by atoms with E-state index in [0.717, 1.165) is 37.1 Å². The molecule has 0 saturated heterocycles. The SMILES string of the molecule is CNC(=O)c1nn(CC2CCCCC2)c2c1CC(NCc1ccon1)CC2. The minimum atomic E-state index is -0.0780. The van der Waals surface area contributed by atoms with Crippen LogP contribution in [-0.2, 0) is 25.9 Å². The van der Waals surface area contributed by atoms with Crippen LogP contribution in [0.4, 0.5) is 0 Å².